The molecule has 1 saturated heterocycles. The number of nitrogens with zero attached hydrogens (tertiary/aromatic N) is 2. The summed E-state index contributed by atoms with van der Waals surface area (Å²) in [4.78, 5) is 31.5. The predicted molar refractivity (Wildman–Crippen MR) is 122 cm³/mol. The van der Waals surface area contributed by atoms with Crippen molar-refractivity contribution in [3.63, 3.8) is 0 Å². The van der Waals surface area contributed by atoms with Crippen LogP contribution in [0.1, 0.15) is 49.5 Å². The first kappa shape index (κ1) is 21.3. The maximum Gasteiger partial charge on any atom is 0.257 e. The van der Waals surface area contributed by atoms with E-state index in [1.165, 1.54) is 29.4 Å². The number of piperidine rings is 1. The van der Waals surface area contributed by atoms with E-state index in [0.717, 1.165) is 11.3 Å². The van der Waals surface area contributed by atoms with E-state index in [0.29, 0.717) is 36.6 Å². The zero-order valence-electron chi connectivity index (χ0n) is 18.1. The van der Waals surface area contributed by atoms with Crippen LogP contribution < -0.4 is 5.32 Å². The van der Waals surface area contributed by atoms with Gasteiger partial charge in [0.15, 0.2) is 5.13 Å². The number of nitrogens with one attached hydrogen (secondary N) is 1. The number of thiazole rings is 1. The molecule has 0 radical (unpaired) electrons. The van der Waals surface area contributed by atoms with Gasteiger partial charge in [-0.15, -0.1) is 11.3 Å². The number of rotatable bonds is 4. The second-order valence-electron chi connectivity index (χ2n) is 8.93. The van der Waals surface area contributed by atoms with Gasteiger partial charge in [0.2, 0.25) is 5.91 Å². The summed E-state index contributed by atoms with van der Waals surface area (Å²) in [7, 11) is 0. The van der Waals surface area contributed by atoms with Crippen molar-refractivity contribution >= 4 is 28.3 Å². The van der Waals surface area contributed by atoms with Gasteiger partial charge in [0.1, 0.15) is 6.26 Å². The minimum absolute atomic E-state index is 0.0283. The number of amides is 2. The van der Waals surface area contributed by atoms with Crippen molar-refractivity contribution < 1.29 is 14.0 Å². The Labute approximate surface area is 186 Å². The van der Waals surface area contributed by atoms with Gasteiger partial charge in [-0.05, 0) is 29.9 Å². The molecule has 1 aliphatic heterocycles. The molecule has 6 nitrogen and oxygen atoms in total. The minimum Gasteiger partial charge on any atom is -0.472 e. The predicted octanol–water partition coefficient (Wildman–Crippen LogP) is 5.19. The van der Waals surface area contributed by atoms with Crippen LogP contribution in [0, 0.1) is 5.92 Å². The number of aromatic nitrogens is 1. The van der Waals surface area contributed by atoms with Crippen molar-refractivity contribution in [2.24, 2.45) is 5.92 Å². The van der Waals surface area contributed by atoms with Crippen LogP contribution >= 0.6 is 11.3 Å². The maximum atomic E-state index is 12.7. The van der Waals surface area contributed by atoms with E-state index in [-0.39, 0.29) is 23.1 Å². The molecule has 0 saturated carbocycles. The SMILES string of the molecule is CC(C)(C)c1ccc(-c2csc(NC(=O)C3CCN(C(=O)c4ccoc4)CC3)n2)cc1. The summed E-state index contributed by atoms with van der Waals surface area (Å²) in [6.45, 7) is 7.69. The fraction of sp³-hybridized carbons (Fsp3) is 0.375. The lowest BCUT2D eigenvalue weighted by molar-refractivity contribution is -0.121. The van der Waals surface area contributed by atoms with Crippen molar-refractivity contribution in [2.75, 3.05) is 18.4 Å². The summed E-state index contributed by atoms with van der Waals surface area (Å²) in [6.07, 6.45) is 4.23. The quantitative estimate of drug-likeness (QED) is 0.609. The molecule has 2 aromatic heterocycles. The highest BCUT2D eigenvalue weighted by atomic mass is 32.1. The first-order valence-corrected chi connectivity index (χ1v) is 11.4. The summed E-state index contributed by atoms with van der Waals surface area (Å²) >= 11 is 1.43. The average molecular weight is 438 g/mol. The van der Waals surface area contributed by atoms with Gasteiger partial charge in [0, 0.05) is 30.0 Å². The standard InChI is InChI=1S/C24H27N3O3S/c1-24(2,3)19-6-4-16(5-7-19)20-15-31-23(25-20)26-21(28)17-8-11-27(12-9-17)22(29)18-10-13-30-14-18/h4-7,10,13-15,17H,8-9,11-12H2,1-3H3,(H,25,26,28). The molecule has 162 valence electrons. The molecule has 4 rings (SSSR count). The van der Waals surface area contributed by atoms with Gasteiger partial charge in [-0.2, -0.15) is 0 Å². The fourth-order valence-electron chi connectivity index (χ4n) is 3.73. The first-order chi connectivity index (χ1) is 14.8. The smallest absolute Gasteiger partial charge is 0.257 e. The molecule has 3 aromatic rings. The lowest BCUT2D eigenvalue weighted by atomic mass is 9.86. The van der Waals surface area contributed by atoms with E-state index in [1.807, 2.05) is 5.38 Å². The molecule has 1 fully saturated rings. The lowest BCUT2D eigenvalue weighted by Gasteiger charge is -2.30. The van der Waals surface area contributed by atoms with Crippen molar-refractivity contribution in [3.8, 4) is 11.3 Å². The lowest BCUT2D eigenvalue weighted by Crippen LogP contribution is -2.41. The van der Waals surface area contributed by atoms with Crippen LogP contribution in [0.25, 0.3) is 11.3 Å². The molecule has 0 atom stereocenters. The van der Waals surface area contributed by atoms with Gasteiger partial charge < -0.3 is 14.6 Å². The van der Waals surface area contributed by atoms with E-state index in [4.69, 9.17) is 4.42 Å². The molecule has 0 aliphatic carbocycles. The topological polar surface area (TPSA) is 75.4 Å². The van der Waals surface area contributed by atoms with Gasteiger partial charge in [-0.25, -0.2) is 4.98 Å². The van der Waals surface area contributed by atoms with Crippen LogP contribution in [0.3, 0.4) is 0 Å². The molecule has 1 aromatic carbocycles. The Morgan fingerprint density at radius 3 is 2.45 bits per heavy atom. The van der Waals surface area contributed by atoms with Gasteiger partial charge in [0.25, 0.3) is 5.91 Å². The van der Waals surface area contributed by atoms with Crippen LogP contribution in [0.4, 0.5) is 5.13 Å². The van der Waals surface area contributed by atoms with Crippen LogP contribution in [0.5, 0.6) is 0 Å². The number of hydrogen-bond donors (Lipinski definition) is 1. The third-order valence-electron chi connectivity index (χ3n) is 5.70. The number of hydrogen-bond acceptors (Lipinski definition) is 5. The largest absolute Gasteiger partial charge is 0.472 e. The van der Waals surface area contributed by atoms with Crippen LogP contribution in [0.15, 0.2) is 52.7 Å². The zero-order valence-corrected chi connectivity index (χ0v) is 18.9. The number of likely N-dealkylation sites (tertiary alicyclic amines) is 1. The molecule has 2 amide bonds. The van der Waals surface area contributed by atoms with Crippen LogP contribution in [-0.2, 0) is 10.2 Å². The Morgan fingerprint density at radius 2 is 1.84 bits per heavy atom. The second kappa shape index (κ2) is 8.67. The van der Waals surface area contributed by atoms with Gasteiger partial charge >= 0.3 is 0 Å². The van der Waals surface area contributed by atoms with Crippen molar-refractivity contribution in [2.45, 2.75) is 39.0 Å². The highest BCUT2D eigenvalue weighted by Crippen LogP contribution is 2.29. The Morgan fingerprint density at radius 1 is 1.13 bits per heavy atom. The number of carbonyl (C=O) groups excluding carboxylic acids is 2. The number of carbonyl (C=O) groups is 2. The van der Waals surface area contributed by atoms with Crippen LogP contribution in [-0.4, -0.2) is 34.8 Å². The molecule has 31 heavy (non-hydrogen) atoms. The van der Waals surface area contributed by atoms with E-state index in [1.54, 1.807) is 11.0 Å². The maximum absolute atomic E-state index is 12.7. The Hall–Kier alpha value is -2.93. The van der Waals surface area contributed by atoms with Gasteiger partial charge in [-0.1, -0.05) is 45.0 Å². The van der Waals surface area contributed by atoms with Crippen molar-refractivity contribution in [1.82, 2.24) is 9.88 Å². The number of anilines is 1. The molecule has 0 spiro atoms. The minimum atomic E-state index is -0.119. The highest BCUT2D eigenvalue weighted by molar-refractivity contribution is 7.14. The number of furan rings is 1. The summed E-state index contributed by atoms with van der Waals surface area (Å²) in [5.41, 5.74) is 3.83. The van der Waals surface area contributed by atoms with Crippen molar-refractivity contribution in [3.05, 3.63) is 59.4 Å². The molecule has 1 aliphatic rings. The molecule has 1 N–H and O–H groups in total. The van der Waals surface area contributed by atoms with Gasteiger partial charge in [-0.3, -0.25) is 9.59 Å². The molecule has 7 heteroatoms. The molecular weight excluding hydrogens is 410 g/mol. The molecular formula is C24H27N3O3S. The average Bonchev–Trinajstić information content (AvgIpc) is 3.45. The van der Waals surface area contributed by atoms with Crippen LogP contribution in [0.2, 0.25) is 0 Å². The monoisotopic (exact) mass is 437 g/mol. The highest BCUT2D eigenvalue weighted by Gasteiger charge is 2.28. The third kappa shape index (κ3) is 4.88. The summed E-state index contributed by atoms with van der Waals surface area (Å²) in [5.74, 6) is -0.194. The van der Waals surface area contributed by atoms with E-state index in [9.17, 15) is 9.59 Å². The summed E-state index contributed by atoms with van der Waals surface area (Å²) in [6, 6.07) is 10.1. The Kier molecular flexibility index (Phi) is 5.96. The van der Waals surface area contributed by atoms with E-state index in [2.05, 4.69) is 55.3 Å². The Bertz CT molecular complexity index is 1040. The van der Waals surface area contributed by atoms with Crippen molar-refractivity contribution in [1.29, 1.82) is 0 Å². The molecule has 0 bridgehead atoms. The van der Waals surface area contributed by atoms with E-state index < -0.39 is 0 Å². The summed E-state index contributed by atoms with van der Waals surface area (Å²) in [5, 5.41) is 5.53. The summed E-state index contributed by atoms with van der Waals surface area (Å²) < 4.78 is 4.99. The van der Waals surface area contributed by atoms with Gasteiger partial charge in [0.05, 0.1) is 17.5 Å². The normalized spacial score (nSPS) is 15.1. The second-order valence-corrected chi connectivity index (χ2v) is 9.79. The Balaban J connectivity index is 1.33. The molecule has 0 unspecified atom stereocenters. The van der Waals surface area contributed by atoms with E-state index >= 15 is 0 Å². The fourth-order valence-corrected chi connectivity index (χ4v) is 4.45. The first-order valence-electron chi connectivity index (χ1n) is 10.5. The number of benzene rings is 1. The zero-order chi connectivity index (χ0) is 22.0. The third-order valence-corrected chi connectivity index (χ3v) is 6.46. The molecule has 3 heterocycles.